The zero-order valence-electron chi connectivity index (χ0n) is 8.30. The van der Waals surface area contributed by atoms with Crippen LogP contribution >= 0.6 is 0 Å². The van der Waals surface area contributed by atoms with E-state index in [1.165, 1.54) is 26.1 Å². The second-order valence-electron chi connectivity index (χ2n) is 3.88. The molecule has 0 aliphatic carbocycles. The van der Waals surface area contributed by atoms with E-state index in [1.807, 2.05) is 0 Å². The van der Waals surface area contributed by atoms with Crippen LogP contribution in [0.2, 0.25) is 0 Å². The van der Waals surface area contributed by atoms with Gasteiger partial charge in [0.25, 0.3) is 5.92 Å². The zero-order chi connectivity index (χ0) is 10.8. The molecule has 0 aliphatic rings. The molecule has 0 unspecified atom stereocenters. The van der Waals surface area contributed by atoms with Crippen LogP contribution in [0.15, 0.2) is 24.4 Å². The molecule has 0 aliphatic heterocycles. The van der Waals surface area contributed by atoms with Gasteiger partial charge >= 0.3 is 0 Å². The lowest BCUT2D eigenvalue weighted by Gasteiger charge is -2.32. The minimum atomic E-state index is -3.00. The van der Waals surface area contributed by atoms with Gasteiger partial charge in [0, 0.05) is 18.2 Å². The fourth-order valence-corrected chi connectivity index (χ4v) is 1.02. The van der Waals surface area contributed by atoms with Crippen molar-refractivity contribution in [3.8, 4) is 0 Å². The first-order valence-electron chi connectivity index (χ1n) is 4.41. The van der Waals surface area contributed by atoms with Crippen molar-refractivity contribution < 1.29 is 8.78 Å². The van der Waals surface area contributed by atoms with Crippen LogP contribution in [0.3, 0.4) is 0 Å². The Hall–Kier alpha value is -1.03. The van der Waals surface area contributed by atoms with Gasteiger partial charge in [-0.2, -0.15) is 8.78 Å². The molecule has 0 amide bonds. The first kappa shape index (κ1) is 11.0. The van der Waals surface area contributed by atoms with Crippen molar-refractivity contribution in [1.82, 2.24) is 4.98 Å². The van der Waals surface area contributed by atoms with E-state index in [4.69, 9.17) is 5.73 Å². The van der Waals surface area contributed by atoms with E-state index in [0.717, 1.165) is 0 Å². The van der Waals surface area contributed by atoms with Crippen molar-refractivity contribution in [1.29, 1.82) is 0 Å². The van der Waals surface area contributed by atoms with E-state index in [-0.39, 0.29) is 12.2 Å². The van der Waals surface area contributed by atoms with Gasteiger partial charge in [-0.05, 0) is 12.1 Å². The van der Waals surface area contributed by atoms with Crippen molar-refractivity contribution in [2.45, 2.75) is 19.8 Å². The van der Waals surface area contributed by atoms with Gasteiger partial charge < -0.3 is 5.73 Å². The molecule has 1 aromatic heterocycles. The van der Waals surface area contributed by atoms with E-state index in [0.29, 0.717) is 0 Å². The summed E-state index contributed by atoms with van der Waals surface area (Å²) in [4.78, 5) is 3.66. The number of pyridine rings is 1. The van der Waals surface area contributed by atoms with Crippen LogP contribution in [0.25, 0.3) is 0 Å². The molecular weight excluding hydrogens is 186 g/mol. The van der Waals surface area contributed by atoms with Crippen molar-refractivity contribution in [2.24, 2.45) is 11.1 Å². The normalized spacial score (nSPS) is 12.9. The molecule has 0 saturated carbocycles. The second kappa shape index (κ2) is 3.61. The highest BCUT2D eigenvalue weighted by atomic mass is 19.3. The van der Waals surface area contributed by atoms with Gasteiger partial charge in [0.2, 0.25) is 0 Å². The number of aromatic nitrogens is 1. The van der Waals surface area contributed by atoms with E-state index >= 15 is 0 Å². The molecule has 1 aromatic rings. The van der Waals surface area contributed by atoms with Crippen LogP contribution in [-0.4, -0.2) is 11.5 Å². The summed E-state index contributed by atoms with van der Waals surface area (Å²) in [6.45, 7) is 2.78. The molecule has 0 bridgehead atoms. The molecule has 0 saturated heterocycles. The molecule has 2 N–H and O–H groups in total. The third kappa shape index (κ3) is 1.75. The summed E-state index contributed by atoms with van der Waals surface area (Å²) >= 11 is 0. The fourth-order valence-electron chi connectivity index (χ4n) is 1.02. The van der Waals surface area contributed by atoms with Gasteiger partial charge in [-0.25, -0.2) is 0 Å². The number of nitrogens with zero attached hydrogens (tertiary/aromatic N) is 1. The van der Waals surface area contributed by atoms with Crippen molar-refractivity contribution in [3.63, 3.8) is 0 Å². The minimum absolute atomic E-state index is 0.0867. The van der Waals surface area contributed by atoms with Crippen molar-refractivity contribution >= 4 is 0 Å². The molecule has 2 nitrogen and oxygen atoms in total. The predicted molar refractivity (Wildman–Crippen MR) is 51.0 cm³/mol. The van der Waals surface area contributed by atoms with Gasteiger partial charge in [0.05, 0.1) is 0 Å². The van der Waals surface area contributed by atoms with Crippen LogP contribution in [0, 0.1) is 5.41 Å². The number of halogens is 2. The van der Waals surface area contributed by atoms with E-state index in [9.17, 15) is 8.78 Å². The smallest absolute Gasteiger partial charge is 0.295 e. The number of alkyl halides is 2. The second-order valence-corrected chi connectivity index (χ2v) is 3.88. The molecule has 0 radical (unpaired) electrons. The Morgan fingerprint density at radius 3 is 2.43 bits per heavy atom. The first-order chi connectivity index (χ1) is 6.42. The quantitative estimate of drug-likeness (QED) is 0.812. The van der Waals surface area contributed by atoms with E-state index in [2.05, 4.69) is 4.98 Å². The minimum Gasteiger partial charge on any atom is -0.330 e. The van der Waals surface area contributed by atoms with E-state index in [1.54, 1.807) is 12.1 Å². The highest BCUT2D eigenvalue weighted by Gasteiger charge is 2.48. The standard InChI is InChI=1S/C10H14F2N2/c1-9(2,7-13)10(11,12)8-5-3-4-6-14-8/h3-6H,7,13H2,1-2H3. The van der Waals surface area contributed by atoms with Crippen LogP contribution in [0.5, 0.6) is 0 Å². The zero-order valence-corrected chi connectivity index (χ0v) is 8.30. The monoisotopic (exact) mass is 200 g/mol. The van der Waals surface area contributed by atoms with Gasteiger partial charge in [-0.1, -0.05) is 19.9 Å². The van der Waals surface area contributed by atoms with Crippen molar-refractivity contribution in [2.75, 3.05) is 6.54 Å². The number of hydrogen-bond acceptors (Lipinski definition) is 2. The summed E-state index contributed by atoms with van der Waals surface area (Å²) in [6, 6.07) is 4.47. The summed E-state index contributed by atoms with van der Waals surface area (Å²) in [5.74, 6) is -3.00. The first-order valence-corrected chi connectivity index (χ1v) is 4.41. The lowest BCUT2D eigenvalue weighted by Crippen LogP contribution is -2.40. The Balaban J connectivity index is 3.08. The average molecular weight is 200 g/mol. The maximum atomic E-state index is 13.8. The number of hydrogen-bond donors (Lipinski definition) is 1. The maximum absolute atomic E-state index is 13.8. The Kier molecular flexibility index (Phi) is 2.85. The van der Waals surface area contributed by atoms with Gasteiger partial charge in [-0.15, -0.1) is 0 Å². The molecule has 0 aromatic carbocycles. The molecule has 0 spiro atoms. The Labute approximate surface area is 82.1 Å². The fraction of sp³-hybridized carbons (Fsp3) is 0.500. The van der Waals surface area contributed by atoms with E-state index < -0.39 is 11.3 Å². The Morgan fingerprint density at radius 2 is 2.00 bits per heavy atom. The molecule has 4 heteroatoms. The van der Waals surface area contributed by atoms with Crippen LogP contribution in [-0.2, 0) is 5.92 Å². The lowest BCUT2D eigenvalue weighted by molar-refractivity contribution is -0.112. The highest BCUT2D eigenvalue weighted by Crippen LogP contribution is 2.42. The molecule has 1 rings (SSSR count). The average Bonchev–Trinajstić information content (AvgIpc) is 2.19. The SMILES string of the molecule is CC(C)(CN)C(F)(F)c1ccccn1. The molecule has 14 heavy (non-hydrogen) atoms. The Morgan fingerprint density at radius 1 is 1.36 bits per heavy atom. The molecule has 0 atom stereocenters. The largest absolute Gasteiger partial charge is 0.330 e. The van der Waals surface area contributed by atoms with Gasteiger partial charge in [0.1, 0.15) is 5.69 Å². The molecular formula is C10H14F2N2. The summed E-state index contributed by atoms with van der Waals surface area (Å²) < 4.78 is 27.6. The lowest BCUT2D eigenvalue weighted by atomic mass is 9.83. The molecule has 78 valence electrons. The summed E-state index contributed by atoms with van der Waals surface area (Å²) in [5.41, 5.74) is 3.82. The summed E-state index contributed by atoms with van der Waals surface area (Å²) in [6.07, 6.45) is 1.36. The van der Waals surface area contributed by atoms with Crippen LogP contribution in [0.1, 0.15) is 19.5 Å². The van der Waals surface area contributed by atoms with Crippen LogP contribution < -0.4 is 5.73 Å². The molecule has 1 heterocycles. The molecule has 0 fully saturated rings. The highest BCUT2D eigenvalue weighted by molar-refractivity contribution is 5.13. The third-order valence-electron chi connectivity index (χ3n) is 2.35. The topological polar surface area (TPSA) is 38.9 Å². The van der Waals surface area contributed by atoms with Gasteiger partial charge in [0.15, 0.2) is 0 Å². The summed E-state index contributed by atoms with van der Waals surface area (Å²) in [5, 5.41) is 0. The third-order valence-corrected chi connectivity index (χ3v) is 2.35. The van der Waals surface area contributed by atoms with Crippen molar-refractivity contribution in [3.05, 3.63) is 30.1 Å². The summed E-state index contributed by atoms with van der Waals surface area (Å²) in [7, 11) is 0. The Bertz CT molecular complexity index is 296. The predicted octanol–water partition coefficient (Wildman–Crippen LogP) is 2.16. The van der Waals surface area contributed by atoms with Crippen LogP contribution in [0.4, 0.5) is 8.78 Å². The number of nitrogens with two attached hydrogens (primary N) is 1. The maximum Gasteiger partial charge on any atom is 0.295 e. The number of rotatable bonds is 3. The van der Waals surface area contributed by atoms with Gasteiger partial charge in [-0.3, -0.25) is 4.98 Å².